The first-order valence-electron chi connectivity index (χ1n) is 15.7. The van der Waals surface area contributed by atoms with Crippen molar-refractivity contribution in [3.63, 3.8) is 0 Å². The molecule has 2 amide bonds. The van der Waals surface area contributed by atoms with Crippen LogP contribution in [-0.2, 0) is 34.3 Å². The van der Waals surface area contributed by atoms with E-state index in [-0.39, 0.29) is 29.4 Å². The summed E-state index contributed by atoms with van der Waals surface area (Å²) >= 11 is 0. The third-order valence-corrected chi connectivity index (χ3v) is 9.22. The predicted octanol–water partition coefficient (Wildman–Crippen LogP) is 4.21. The molecule has 11 heteroatoms. The monoisotopic (exact) mass is 672 g/mol. The molecule has 4 aromatic rings. The second-order valence-corrected chi connectivity index (χ2v) is 13.8. The molecule has 0 saturated carbocycles. The molecule has 0 heterocycles. The summed E-state index contributed by atoms with van der Waals surface area (Å²) < 4.78 is 31.2. The number of amides is 2. The lowest BCUT2D eigenvalue weighted by Crippen LogP contribution is -2.48. The number of ether oxygens (including phenoxy) is 1. The Morgan fingerprint density at radius 3 is 2.02 bits per heavy atom. The number of anilines is 1. The second kappa shape index (κ2) is 17.0. The average Bonchev–Trinajstić information content (AvgIpc) is 3.08. The van der Waals surface area contributed by atoms with Crippen LogP contribution < -0.4 is 20.3 Å². The highest BCUT2D eigenvalue weighted by atomic mass is 32.2. The SMILES string of the molecule is COCc1cccc(CNCC(O)C(Cc2ccccc2)NC(=O)c2cc(C(=O)NC(C)c3ccccc3)cc(N(C)S(C)(=O)=O)c2)c1. The van der Waals surface area contributed by atoms with Crippen LogP contribution >= 0.6 is 0 Å². The summed E-state index contributed by atoms with van der Waals surface area (Å²) in [7, 11) is -0.705. The van der Waals surface area contributed by atoms with Gasteiger partial charge in [-0.05, 0) is 53.8 Å². The van der Waals surface area contributed by atoms with Gasteiger partial charge in [0.1, 0.15) is 0 Å². The van der Waals surface area contributed by atoms with Gasteiger partial charge >= 0.3 is 0 Å². The minimum absolute atomic E-state index is 0.0775. The van der Waals surface area contributed by atoms with Gasteiger partial charge in [0.25, 0.3) is 11.8 Å². The van der Waals surface area contributed by atoms with Gasteiger partial charge in [-0.3, -0.25) is 13.9 Å². The fourth-order valence-corrected chi connectivity index (χ4v) is 5.75. The average molecular weight is 673 g/mol. The van der Waals surface area contributed by atoms with Crippen LogP contribution in [0.4, 0.5) is 5.69 Å². The van der Waals surface area contributed by atoms with Crippen molar-refractivity contribution in [1.29, 1.82) is 0 Å². The van der Waals surface area contributed by atoms with Crippen LogP contribution in [0.3, 0.4) is 0 Å². The molecule has 3 atom stereocenters. The van der Waals surface area contributed by atoms with Gasteiger partial charge in [0.15, 0.2) is 0 Å². The van der Waals surface area contributed by atoms with Crippen molar-refractivity contribution in [2.75, 3.05) is 31.3 Å². The molecule has 0 spiro atoms. The van der Waals surface area contributed by atoms with Crippen LogP contribution in [0.5, 0.6) is 0 Å². The normalized spacial score (nSPS) is 13.3. The number of carbonyl (C=O) groups excluding carboxylic acids is 2. The van der Waals surface area contributed by atoms with E-state index in [2.05, 4.69) is 16.0 Å². The first-order valence-corrected chi connectivity index (χ1v) is 17.5. The molecular weight excluding hydrogens is 628 g/mol. The maximum absolute atomic E-state index is 13.8. The molecule has 0 saturated heterocycles. The van der Waals surface area contributed by atoms with Gasteiger partial charge in [0.05, 0.1) is 36.7 Å². The lowest BCUT2D eigenvalue weighted by molar-refractivity contribution is 0.0830. The second-order valence-electron chi connectivity index (χ2n) is 11.8. The number of methoxy groups -OCH3 is 1. The lowest BCUT2D eigenvalue weighted by Gasteiger charge is -2.26. The minimum Gasteiger partial charge on any atom is -0.390 e. The summed E-state index contributed by atoms with van der Waals surface area (Å²) in [5, 5.41) is 20.5. The number of hydrogen-bond acceptors (Lipinski definition) is 7. The van der Waals surface area contributed by atoms with Gasteiger partial charge in [0.2, 0.25) is 10.0 Å². The number of hydrogen-bond donors (Lipinski definition) is 4. The molecule has 0 aliphatic rings. The Morgan fingerprint density at radius 1 is 0.812 bits per heavy atom. The third kappa shape index (κ3) is 10.5. The van der Waals surface area contributed by atoms with E-state index >= 15 is 0 Å². The zero-order valence-electron chi connectivity index (χ0n) is 27.7. The van der Waals surface area contributed by atoms with Crippen molar-refractivity contribution < 1.29 is 27.9 Å². The highest BCUT2D eigenvalue weighted by Crippen LogP contribution is 2.22. The molecule has 10 nitrogen and oxygen atoms in total. The molecule has 0 radical (unpaired) electrons. The van der Waals surface area contributed by atoms with E-state index in [1.54, 1.807) is 7.11 Å². The first kappa shape index (κ1) is 36.3. The van der Waals surface area contributed by atoms with Gasteiger partial charge in [-0.15, -0.1) is 0 Å². The number of benzene rings is 4. The van der Waals surface area contributed by atoms with Crippen molar-refractivity contribution >= 4 is 27.5 Å². The fourth-order valence-electron chi connectivity index (χ4n) is 5.26. The Balaban J connectivity index is 1.57. The van der Waals surface area contributed by atoms with Crippen LogP contribution in [0, 0.1) is 0 Å². The van der Waals surface area contributed by atoms with Crippen molar-refractivity contribution in [2.45, 2.75) is 44.7 Å². The van der Waals surface area contributed by atoms with Gasteiger partial charge in [-0.2, -0.15) is 0 Å². The summed E-state index contributed by atoms with van der Waals surface area (Å²) in [5.41, 5.74) is 4.22. The number of aliphatic hydroxyl groups excluding tert-OH is 1. The van der Waals surface area contributed by atoms with Crippen LogP contribution in [0.2, 0.25) is 0 Å². The summed E-state index contributed by atoms with van der Waals surface area (Å²) in [6.07, 6.45) is 0.404. The molecule has 0 aliphatic carbocycles. The Kier molecular flexibility index (Phi) is 12.9. The standard InChI is InChI=1S/C37H44N4O6S/c1-26(30-16-9-6-10-17-30)39-36(43)31-20-32(22-33(21-31)41(2)48(4,45)46)37(44)40-34(19-27-12-7-5-8-13-27)35(42)24-38-23-28-14-11-15-29(18-28)25-47-3/h5-18,20-22,26,34-35,38,42H,19,23-25H2,1-4H3,(H,39,43)(H,40,44). The summed E-state index contributed by atoms with van der Waals surface area (Å²) in [6.45, 7) is 3.03. The van der Waals surface area contributed by atoms with Crippen LogP contribution in [-0.4, -0.2) is 64.4 Å². The number of nitrogens with one attached hydrogen (secondary N) is 3. The minimum atomic E-state index is -3.71. The molecule has 0 bridgehead atoms. The lowest BCUT2D eigenvalue weighted by atomic mass is 9.99. The molecule has 3 unspecified atom stereocenters. The summed E-state index contributed by atoms with van der Waals surface area (Å²) in [5.74, 6) is -1.03. The third-order valence-electron chi connectivity index (χ3n) is 8.01. The highest BCUT2D eigenvalue weighted by Gasteiger charge is 2.25. The van der Waals surface area contributed by atoms with Crippen LogP contribution in [0.15, 0.2) is 103 Å². The molecule has 0 fully saturated rings. The van der Waals surface area contributed by atoms with Crippen molar-refractivity contribution in [3.8, 4) is 0 Å². The van der Waals surface area contributed by atoms with Crippen molar-refractivity contribution in [2.24, 2.45) is 0 Å². The van der Waals surface area contributed by atoms with Crippen molar-refractivity contribution in [1.82, 2.24) is 16.0 Å². The van der Waals surface area contributed by atoms with E-state index in [4.69, 9.17) is 4.74 Å². The topological polar surface area (TPSA) is 137 Å². The Bertz CT molecular complexity index is 1770. The Labute approximate surface area is 283 Å². The number of nitrogens with zero attached hydrogens (tertiary/aromatic N) is 1. The Morgan fingerprint density at radius 2 is 1.40 bits per heavy atom. The quantitative estimate of drug-likeness (QED) is 0.140. The van der Waals surface area contributed by atoms with Gasteiger partial charge < -0.3 is 25.8 Å². The predicted molar refractivity (Wildman–Crippen MR) is 188 cm³/mol. The van der Waals surface area contributed by atoms with E-state index in [9.17, 15) is 23.1 Å². The molecule has 0 aliphatic heterocycles. The van der Waals surface area contributed by atoms with Gasteiger partial charge in [-0.25, -0.2) is 8.42 Å². The molecule has 0 aromatic heterocycles. The van der Waals surface area contributed by atoms with Crippen LogP contribution in [0.25, 0.3) is 0 Å². The van der Waals surface area contributed by atoms with Gasteiger partial charge in [-0.1, -0.05) is 84.9 Å². The van der Waals surface area contributed by atoms with E-state index < -0.39 is 34.0 Å². The molecule has 4 aromatic carbocycles. The molecule has 48 heavy (non-hydrogen) atoms. The fraction of sp³-hybridized carbons (Fsp3) is 0.297. The number of aliphatic hydroxyl groups is 1. The smallest absolute Gasteiger partial charge is 0.251 e. The first-order chi connectivity index (χ1) is 22.9. The van der Waals surface area contributed by atoms with Crippen molar-refractivity contribution in [3.05, 3.63) is 137 Å². The van der Waals surface area contributed by atoms with E-state index in [0.717, 1.165) is 32.8 Å². The number of carbonyl (C=O) groups is 2. The number of rotatable bonds is 16. The maximum Gasteiger partial charge on any atom is 0.251 e. The molecular formula is C37H44N4O6S. The van der Waals surface area contributed by atoms with E-state index in [1.807, 2.05) is 91.9 Å². The zero-order chi connectivity index (χ0) is 34.7. The molecule has 4 rings (SSSR count). The van der Waals surface area contributed by atoms with E-state index in [0.29, 0.717) is 19.6 Å². The maximum atomic E-state index is 13.8. The highest BCUT2D eigenvalue weighted by molar-refractivity contribution is 7.92. The zero-order valence-corrected chi connectivity index (χ0v) is 28.5. The molecule has 254 valence electrons. The number of sulfonamides is 1. The van der Waals surface area contributed by atoms with Crippen LogP contribution in [0.1, 0.15) is 55.9 Å². The largest absolute Gasteiger partial charge is 0.390 e. The summed E-state index contributed by atoms with van der Waals surface area (Å²) in [4.78, 5) is 27.3. The molecule has 4 N–H and O–H groups in total. The van der Waals surface area contributed by atoms with Gasteiger partial charge in [0, 0.05) is 38.4 Å². The Hall–Kier alpha value is -4.55. The van der Waals surface area contributed by atoms with E-state index in [1.165, 1.54) is 25.2 Å². The summed E-state index contributed by atoms with van der Waals surface area (Å²) in [6, 6.07) is 30.1.